The number of para-hydroxylation sites is 1. The maximum atomic E-state index is 13.2. The number of nitrogens with one attached hydrogen (secondary N) is 2. The van der Waals surface area contributed by atoms with Gasteiger partial charge in [-0.05, 0) is 37.8 Å². The molecule has 0 spiro atoms. The van der Waals surface area contributed by atoms with Crippen molar-refractivity contribution in [3.8, 4) is 0 Å². The van der Waals surface area contributed by atoms with Crippen molar-refractivity contribution < 1.29 is 42.4 Å². The molecule has 2 heterocycles. The fourth-order valence-corrected chi connectivity index (χ4v) is 4.58. The Morgan fingerprint density at radius 3 is 2.49 bits per heavy atom. The van der Waals surface area contributed by atoms with Crippen molar-refractivity contribution in [1.29, 1.82) is 0 Å². The number of carboxylic acid groups (broad SMARTS) is 1. The molecule has 11 nitrogen and oxygen atoms in total. The second-order valence-electron chi connectivity index (χ2n) is 8.09. The smallest absolute Gasteiger partial charge is 0.430 e. The maximum absolute atomic E-state index is 13.2. The molecule has 37 heavy (non-hydrogen) atoms. The molecule has 0 aliphatic carbocycles. The van der Waals surface area contributed by atoms with Crippen LogP contribution in [-0.2, 0) is 14.4 Å². The van der Waals surface area contributed by atoms with Gasteiger partial charge in [0.25, 0.3) is 0 Å². The van der Waals surface area contributed by atoms with E-state index >= 15 is 0 Å². The van der Waals surface area contributed by atoms with Gasteiger partial charge in [-0.25, -0.2) is 4.98 Å². The van der Waals surface area contributed by atoms with Gasteiger partial charge in [0.2, 0.25) is 17.6 Å². The third-order valence-electron chi connectivity index (χ3n) is 5.33. The van der Waals surface area contributed by atoms with Gasteiger partial charge in [-0.2, -0.15) is 13.2 Å². The number of aromatic nitrogens is 1. The summed E-state index contributed by atoms with van der Waals surface area (Å²) < 4.78 is 32.5. The van der Waals surface area contributed by atoms with Crippen molar-refractivity contribution in [2.75, 3.05) is 13.1 Å². The minimum atomic E-state index is -5.19. The van der Waals surface area contributed by atoms with Crippen LogP contribution in [0.1, 0.15) is 42.4 Å². The van der Waals surface area contributed by atoms with Gasteiger partial charge in [-0.3, -0.25) is 30.8 Å². The van der Waals surface area contributed by atoms with Gasteiger partial charge >= 0.3 is 12.1 Å². The quantitative estimate of drug-likeness (QED) is 0.133. The fraction of sp³-hybridized carbons (Fsp3) is 0.455. The van der Waals surface area contributed by atoms with Gasteiger partial charge < -0.3 is 20.1 Å². The zero-order valence-electron chi connectivity index (χ0n) is 19.8. The summed E-state index contributed by atoms with van der Waals surface area (Å²) >= 11 is 1.31. The van der Waals surface area contributed by atoms with E-state index in [9.17, 15) is 27.6 Å². The Kier molecular flexibility index (Phi) is 10.3. The van der Waals surface area contributed by atoms with E-state index in [1.807, 2.05) is 24.3 Å². The number of thiazole rings is 1. The molecule has 3 rings (SSSR count). The molecular formula is C22H27F3N6O5S. The Labute approximate surface area is 213 Å². The molecule has 1 aromatic carbocycles. The monoisotopic (exact) mass is 544 g/mol. The standard InChI is InChI=1S/C20H26N6O3S.C2HF3O2/c1-12(27)26-11-5-8-15(26)18(29)24-14(7-4-10-23-20(21)22)17(28)19-25-13-6-2-3-9-16(13)30-19;3-2(4,5)1(6)7/h2-3,6,9,14-15H,4-5,7-8,10-11H2,1H3,(H,24,29)(H4,21,22,23);(H,6,7)/t14-,15-;/m1./s1. The predicted molar refractivity (Wildman–Crippen MR) is 126 cm³/mol. The van der Waals surface area contributed by atoms with Gasteiger partial charge in [0.1, 0.15) is 12.0 Å². The third-order valence-corrected chi connectivity index (χ3v) is 6.38. The van der Waals surface area contributed by atoms with Crippen molar-refractivity contribution in [2.45, 2.75) is 50.9 Å². The van der Waals surface area contributed by atoms with Crippen molar-refractivity contribution in [3.63, 3.8) is 0 Å². The van der Waals surface area contributed by atoms with Gasteiger partial charge in [0.15, 0.2) is 5.01 Å². The summed E-state index contributed by atoms with van der Waals surface area (Å²) in [5, 5.41) is 12.0. The van der Waals surface area contributed by atoms with E-state index in [1.54, 1.807) is 4.90 Å². The number of carboxylic acids is 1. The zero-order chi connectivity index (χ0) is 27.8. The van der Waals surface area contributed by atoms with Crippen molar-refractivity contribution >= 4 is 51.1 Å². The molecule has 1 saturated heterocycles. The van der Waals surface area contributed by atoms with Crippen molar-refractivity contribution in [3.05, 3.63) is 29.3 Å². The number of hydrogen-bond donors (Lipinski definition) is 4. The summed E-state index contributed by atoms with van der Waals surface area (Å²) in [4.78, 5) is 55.5. The second kappa shape index (κ2) is 13.0. The van der Waals surface area contributed by atoms with Crippen LogP contribution in [0.3, 0.4) is 0 Å². The highest BCUT2D eigenvalue weighted by atomic mass is 32.1. The first-order valence-electron chi connectivity index (χ1n) is 11.2. The average Bonchev–Trinajstić information content (AvgIpc) is 3.47. The van der Waals surface area contributed by atoms with E-state index in [4.69, 9.17) is 21.4 Å². The largest absolute Gasteiger partial charge is 0.542 e. The molecule has 2 amide bonds. The molecule has 15 heteroatoms. The lowest BCUT2D eigenvalue weighted by Gasteiger charge is -2.25. The van der Waals surface area contributed by atoms with E-state index in [0.717, 1.165) is 16.6 Å². The van der Waals surface area contributed by atoms with E-state index in [2.05, 4.69) is 15.3 Å². The Bertz CT molecular complexity index is 1130. The third kappa shape index (κ3) is 8.70. The lowest BCUT2D eigenvalue weighted by Crippen LogP contribution is -2.78. The molecule has 1 aliphatic rings. The SMILES string of the molecule is CC(=O)N1CCC[C@@H]1C(=O)N[C@H](CCC[NH+]=C(N)N)C(=O)c1nc2ccccc2s1.O=C([O-])C(F)(F)F. The van der Waals surface area contributed by atoms with Crippen LogP contribution in [0.4, 0.5) is 13.2 Å². The summed E-state index contributed by atoms with van der Waals surface area (Å²) in [5.41, 5.74) is 11.6. The second-order valence-corrected chi connectivity index (χ2v) is 9.12. The van der Waals surface area contributed by atoms with E-state index in [-0.39, 0.29) is 23.6 Å². The molecule has 1 fully saturated rings. The number of rotatable bonds is 8. The molecule has 6 N–H and O–H groups in total. The van der Waals surface area contributed by atoms with Crippen LogP contribution >= 0.6 is 11.3 Å². The number of alkyl halides is 3. The van der Waals surface area contributed by atoms with Crippen LogP contribution in [0.25, 0.3) is 10.2 Å². The van der Waals surface area contributed by atoms with Crippen LogP contribution in [0.15, 0.2) is 24.3 Å². The van der Waals surface area contributed by atoms with Gasteiger partial charge in [0, 0.05) is 13.5 Å². The molecule has 2 atom stereocenters. The number of guanidine groups is 1. The number of ketones is 1. The molecule has 2 aromatic rings. The lowest BCUT2D eigenvalue weighted by atomic mass is 10.1. The number of halogens is 3. The number of nitrogens with zero attached hydrogens (tertiary/aromatic N) is 2. The van der Waals surface area contributed by atoms with Crippen LogP contribution in [0.5, 0.6) is 0 Å². The number of Topliss-reactive ketones (excluding diaryl/α,β-unsaturated/α-hetero) is 1. The molecule has 1 aromatic heterocycles. The van der Waals surface area contributed by atoms with Crippen LogP contribution in [0, 0.1) is 0 Å². The number of aliphatic carboxylic acids is 1. The van der Waals surface area contributed by atoms with E-state index in [0.29, 0.717) is 37.4 Å². The Balaban J connectivity index is 0.000000604. The molecule has 0 bridgehead atoms. The molecule has 0 radical (unpaired) electrons. The number of likely N-dealkylation sites (tertiary alicyclic amines) is 1. The highest BCUT2D eigenvalue weighted by Gasteiger charge is 2.35. The number of fused-ring (bicyclic) bond motifs is 1. The fourth-order valence-electron chi connectivity index (χ4n) is 3.62. The summed E-state index contributed by atoms with van der Waals surface area (Å²) in [7, 11) is 0. The zero-order valence-corrected chi connectivity index (χ0v) is 20.7. The summed E-state index contributed by atoms with van der Waals surface area (Å²) in [6, 6.07) is 6.23. The number of benzene rings is 1. The minimum Gasteiger partial charge on any atom is -0.542 e. The number of carbonyl (C=O) groups is 4. The molecule has 202 valence electrons. The first kappa shape index (κ1) is 29.5. The van der Waals surface area contributed by atoms with Gasteiger partial charge in [-0.15, -0.1) is 11.3 Å². The summed E-state index contributed by atoms with van der Waals surface area (Å²) in [5.74, 6) is -3.58. The maximum Gasteiger partial charge on any atom is 0.430 e. The highest BCUT2D eigenvalue weighted by molar-refractivity contribution is 7.20. The van der Waals surface area contributed by atoms with Crippen LogP contribution in [0.2, 0.25) is 0 Å². The Morgan fingerprint density at radius 1 is 1.27 bits per heavy atom. The minimum absolute atomic E-state index is 0.108. The van der Waals surface area contributed by atoms with Crippen LogP contribution < -0.4 is 26.9 Å². The molecule has 0 unspecified atom stereocenters. The average molecular weight is 545 g/mol. The highest BCUT2D eigenvalue weighted by Crippen LogP contribution is 2.24. The Hall–Kier alpha value is -3.75. The van der Waals surface area contributed by atoms with Crippen LogP contribution in [-0.4, -0.2) is 70.8 Å². The van der Waals surface area contributed by atoms with E-state index in [1.165, 1.54) is 18.3 Å². The van der Waals surface area contributed by atoms with Gasteiger partial charge in [0.05, 0.1) is 22.8 Å². The number of nitrogens with two attached hydrogens (primary N) is 2. The number of amides is 2. The lowest BCUT2D eigenvalue weighted by molar-refractivity contribution is -0.459. The van der Waals surface area contributed by atoms with Crippen molar-refractivity contribution in [2.24, 2.45) is 11.5 Å². The number of hydrogen-bond acceptors (Lipinski definition) is 7. The van der Waals surface area contributed by atoms with Crippen molar-refractivity contribution in [1.82, 2.24) is 15.2 Å². The first-order chi connectivity index (χ1) is 17.3. The summed E-state index contributed by atoms with van der Waals surface area (Å²) in [6.45, 7) is 2.49. The topological polar surface area (TPSA) is 186 Å². The summed E-state index contributed by atoms with van der Waals surface area (Å²) in [6.07, 6.45) is -2.87. The normalized spacial score (nSPS) is 15.9. The molecular weight excluding hydrogens is 517 g/mol. The predicted octanol–water partition coefficient (Wildman–Crippen LogP) is -1.59. The Morgan fingerprint density at radius 2 is 1.92 bits per heavy atom. The number of carbonyl (C=O) groups excluding carboxylic acids is 4. The van der Waals surface area contributed by atoms with E-state index < -0.39 is 24.2 Å². The molecule has 0 saturated carbocycles. The molecule has 1 aliphatic heterocycles. The first-order valence-corrected chi connectivity index (χ1v) is 12.0. The van der Waals surface area contributed by atoms with Gasteiger partial charge in [-0.1, -0.05) is 12.1 Å².